The third kappa shape index (κ3) is 5.09. The summed E-state index contributed by atoms with van der Waals surface area (Å²) in [6, 6.07) is 15.4. The van der Waals surface area contributed by atoms with Gasteiger partial charge in [-0.1, -0.05) is 43.2 Å². The van der Waals surface area contributed by atoms with Gasteiger partial charge in [0.2, 0.25) is 5.91 Å². The number of hydrogen-bond donors (Lipinski definition) is 3. The van der Waals surface area contributed by atoms with E-state index in [2.05, 4.69) is 5.32 Å². The van der Waals surface area contributed by atoms with Crippen LogP contribution in [0.25, 0.3) is 10.1 Å². The van der Waals surface area contributed by atoms with Crippen molar-refractivity contribution in [2.75, 3.05) is 7.11 Å². The Bertz CT molecular complexity index is 1160. The molecule has 4 N–H and O–H groups in total. The average molecular weight is 464 g/mol. The van der Waals surface area contributed by atoms with Gasteiger partial charge in [0.1, 0.15) is 5.84 Å². The highest BCUT2D eigenvalue weighted by molar-refractivity contribution is 7.17. The molecule has 3 atom stereocenters. The van der Waals surface area contributed by atoms with Crippen LogP contribution in [0.4, 0.5) is 0 Å². The molecule has 3 aromatic rings. The predicted octanol–water partition coefficient (Wildman–Crippen LogP) is 4.36. The smallest absolute Gasteiger partial charge is 0.310 e. The first kappa shape index (κ1) is 23.0. The van der Waals surface area contributed by atoms with Crippen LogP contribution in [0.5, 0.6) is 0 Å². The molecule has 172 valence electrons. The van der Waals surface area contributed by atoms with Crippen LogP contribution >= 0.6 is 11.3 Å². The van der Waals surface area contributed by atoms with Gasteiger partial charge in [-0.25, -0.2) is 0 Å². The van der Waals surface area contributed by atoms with Gasteiger partial charge < -0.3 is 15.8 Å². The fourth-order valence-electron chi connectivity index (χ4n) is 4.70. The van der Waals surface area contributed by atoms with Crippen molar-refractivity contribution in [3.63, 3.8) is 0 Å². The summed E-state index contributed by atoms with van der Waals surface area (Å²) in [5.74, 6) is -1.09. The van der Waals surface area contributed by atoms with Crippen LogP contribution in [0, 0.1) is 11.3 Å². The standard InChI is InChI=1S/C26H29N3O3S/c1-32-26(31)18-9-5-6-10-22(18)29-25(30)20(13-16-7-3-2-4-8-16)21-15-33-23-12-11-17(24(27)28)14-19(21)23/h2-4,7-8,11-12,14-15,18,20,22H,5-6,9-10,13H2,1H3,(H3,27,28)(H,29,30)/t18-,20?,22+/m0/s1. The van der Waals surface area contributed by atoms with Gasteiger partial charge in [0.15, 0.2) is 0 Å². The number of carbonyl (C=O) groups is 2. The van der Waals surface area contributed by atoms with E-state index >= 15 is 0 Å². The monoisotopic (exact) mass is 463 g/mol. The normalized spacial score (nSPS) is 19.1. The molecule has 1 aromatic heterocycles. The summed E-state index contributed by atoms with van der Waals surface area (Å²) in [4.78, 5) is 26.0. The van der Waals surface area contributed by atoms with Crippen molar-refractivity contribution in [1.82, 2.24) is 5.32 Å². The molecule has 33 heavy (non-hydrogen) atoms. The van der Waals surface area contributed by atoms with Crippen LogP contribution in [0.3, 0.4) is 0 Å². The lowest BCUT2D eigenvalue weighted by Crippen LogP contribution is -2.47. The molecule has 6 nitrogen and oxygen atoms in total. The Labute approximate surface area is 197 Å². The maximum absolute atomic E-state index is 13.7. The summed E-state index contributed by atoms with van der Waals surface area (Å²) >= 11 is 1.58. The number of amidine groups is 1. The Morgan fingerprint density at radius 3 is 2.67 bits per heavy atom. The molecule has 0 aliphatic heterocycles. The Balaban J connectivity index is 1.69. The van der Waals surface area contributed by atoms with E-state index in [4.69, 9.17) is 15.9 Å². The van der Waals surface area contributed by atoms with Crippen LogP contribution in [0.15, 0.2) is 53.9 Å². The molecule has 0 bridgehead atoms. The van der Waals surface area contributed by atoms with Crippen LogP contribution in [0.1, 0.15) is 48.3 Å². The molecule has 1 fully saturated rings. The number of esters is 1. The Hall–Kier alpha value is -3.19. The number of thiophene rings is 1. The van der Waals surface area contributed by atoms with Crippen molar-refractivity contribution >= 4 is 39.1 Å². The van der Waals surface area contributed by atoms with Crippen molar-refractivity contribution in [3.8, 4) is 0 Å². The molecule has 0 spiro atoms. The van der Waals surface area contributed by atoms with Crippen molar-refractivity contribution in [3.05, 3.63) is 70.6 Å². The maximum atomic E-state index is 13.7. The average Bonchev–Trinajstić information content (AvgIpc) is 3.26. The molecular weight excluding hydrogens is 434 g/mol. The first-order valence-corrected chi connectivity index (χ1v) is 12.1. The number of benzene rings is 2. The van der Waals surface area contributed by atoms with Gasteiger partial charge in [-0.2, -0.15) is 0 Å². The number of nitrogens with one attached hydrogen (secondary N) is 2. The number of amides is 1. The highest BCUT2D eigenvalue weighted by atomic mass is 32.1. The number of rotatable bonds is 7. The van der Waals surface area contributed by atoms with Gasteiger partial charge in [0.05, 0.1) is 18.9 Å². The zero-order valence-corrected chi connectivity index (χ0v) is 19.5. The minimum atomic E-state index is -0.427. The lowest BCUT2D eigenvalue weighted by molar-refractivity contribution is -0.147. The minimum Gasteiger partial charge on any atom is -0.469 e. The maximum Gasteiger partial charge on any atom is 0.310 e. The molecule has 1 aliphatic rings. The number of fused-ring (bicyclic) bond motifs is 1. The highest BCUT2D eigenvalue weighted by Crippen LogP contribution is 2.35. The largest absolute Gasteiger partial charge is 0.469 e. The van der Waals surface area contributed by atoms with Gasteiger partial charge in [-0.05, 0) is 59.4 Å². The Morgan fingerprint density at radius 1 is 1.18 bits per heavy atom. The van der Waals surface area contributed by atoms with E-state index in [1.807, 2.05) is 53.9 Å². The zero-order chi connectivity index (χ0) is 23.4. The molecule has 1 heterocycles. The van der Waals surface area contributed by atoms with Gasteiger partial charge >= 0.3 is 5.97 Å². The van der Waals surface area contributed by atoms with Gasteiger partial charge in [-0.15, -0.1) is 11.3 Å². The molecule has 1 unspecified atom stereocenters. The number of hydrogen-bond acceptors (Lipinski definition) is 5. The number of ether oxygens (including phenoxy) is 1. The molecule has 2 aromatic carbocycles. The summed E-state index contributed by atoms with van der Waals surface area (Å²) in [6.45, 7) is 0. The van der Waals surface area contributed by atoms with E-state index in [0.717, 1.165) is 46.9 Å². The third-order valence-corrected chi connectivity index (χ3v) is 7.47. The summed E-state index contributed by atoms with van der Waals surface area (Å²) in [7, 11) is 1.40. The van der Waals surface area contributed by atoms with E-state index in [-0.39, 0.29) is 29.7 Å². The highest BCUT2D eigenvalue weighted by Gasteiger charge is 2.35. The van der Waals surface area contributed by atoms with E-state index in [1.54, 1.807) is 11.3 Å². The van der Waals surface area contributed by atoms with E-state index < -0.39 is 5.92 Å². The van der Waals surface area contributed by atoms with Gasteiger partial charge in [-0.3, -0.25) is 15.0 Å². The summed E-state index contributed by atoms with van der Waals surface area (Å²) < 4.78 is 6.05. The van der Waals surface area contributed by atoms with Crippen molar-refractivity contribution < 1.29 is 14.3 Å². The topological polar surface area (TPSA) is 105 Å². The second-order valence-corrected chi connectivity index (χ2v) is 9.50. The lowest BCUT2D eigenvalue weighted by Gasteiger charge is -2.31. The van der Waals surface area contributed by atoms with E-state index in [1.165, 1.54) is 7.11 Å². The summed E-state index contributed by atoms with van der Waals surface area (Å²) in [5.41, 5.74) is 8.35. The van der Waals surface area contributed by atoms with Gasteiger partial charge in [0, 0.05) is 16.3 Å². The SMILES string of the molecule is COC(=O)[C@H]1CCCC[C@H]1NC(=O)C(Cc1ccccc1)c1csc2ccc(C(=N)N)cc12. The lowest BCUT2D eigenvalue weighted by atomic mass is 9.83. The van der Waals surface area contributed by atoms with Crippen LogP contribution in [-0.2, 0) is 20.7 Å². The summed E-state index contributed by atoms with van der Waals surface area (Å²) in [6.07, 6.45) is 3.97. The second kappa shape index (κ2) is 10.2. The molecule has 4 rings (SSSR count). The molecule has 0 saturated heterocycles. The summed E-state index contributed by atoms with van der Waals surface area (Å²) in [5, 5.41) is 14.0. The second-order valence-electron chi connectivity index (χ2n) is 8.59. The van der Waals surface area contributed by atoms with Gasteiger partial charge in [0.25, 0.3) is 0 Å². The quantitative estimate of drug-likeness (QED) is 0.275. The Kier molecular flexibility index (Phi) is 7.08. The van der Waals surface area contributed by atoms with Crippen LogP contribution in [-0.4, -0.2) is 30.9 Å². The van der Waals surface area contributed by atoms with Crippen LogP contribution in [0.2, 0.25) is 0 Å². The molecule has 1 saturated carbocycles. The number of methoxy groups -OCH3 is 1. The molecule has 1 amide bonds. The van der Waals surface area contributed by atoms with Crippen LogP contribution < -0.4 is 11.1 Å². The molecule has 7 heteroatoms. The number of nitrogen functional groups attached to an aromatic ring is 1. The van der Waals surface area contributed by atoms with Crippen molar-refractivity contribution in [2.24, 2.45) is 11.7 Å². The number of nitrogens with two attached hydrogens (primary N) is 1. The fraction of sp³-hybridized carbons (Fsp3) is 0.346. The third-order valence-electron chi connectivity index (χ3n) is 6.49. The first-order chi connectivity index (χ1) is 16.0. The molecule has 1 aliphatic carbocycles. The fourth-order valence-corrected chi connectivity index (χ4v) is 5.70. The minimum absolute atomic E-state index is 0.00114. The molecular formula is C26H29N3O3S. The van der Waals surface area contributed by atoms with E-state index in [0.29, 0.717) is 12.0 Å². The predicted molar refractivity (Wildman–Crippen MR) is 132 cm³/mol. The van der Waals surface area contributed by atoms with Crippen molar-refractivity contribution in [1.29, 1.82) is 5.41 Å². The molecule has 0 radical (unpaired) electrons. The number of carbonyl (C=O) groups excluding carboxylic acids is 2. The van der Waals surface area contributed by atoms with E-state index in [9.17, 15) is 9.59 Å². The Morgan fingerprint density at radius 2 is 1.94 bits per heavy atom. The first-order valence-electron chi connectivity index (χ1n) is 11.3. The zero-order valence-electron chi connectivity index (χ0n) is 18.7. The van der Waals surface area contributed by atoms with Crippen molar-refractivity contribution in [2.45, 2.75) is 44.1 Å².